The Morgan fingerprint density at radius 1 is 0.672 bits per heavy atom. The summed E-state index contributed by atoms with van der Waals surface area (Å²) in [6.07, 6.45) is -15.4. The molecule has 0 bridgehead atoms. The molecule has 1 fully saturated rings. The molecular weight excluding hydrogens is 801 g/mol. The second-order valence-electron chi connectivity index (χ2n) is 13.8. The van der Waals surface area contributed by atoms with Crippen LogP contribution in [0, 0.1) is 0 Å². The van der Waals surface area contributed by atoms with Gasteiger partial charge in [0.05, 0.1) is 35.9 Å². The number of benzene rings is 5. The molecule has 7 rings (SSSR count). The average molecular weight is 839 g/mol. The standard InChI is InChI=1S/C46H38F4N2O9/c1-56-34-24-22-29(23-25-34)26-35-40(46(48,49)50)52(27-30-14-6-2-7-15-30)51-41(35)61-45-39(60-44(55)33-20-12-5-13-21-33)38(59-43(54)32-18-10-4-11-19-32)37(47)36(58-45)28-57-42(53)31-16-8-3-9-17-31/h2-25,36-39,45H,26-28H2,1H3/t36-,37-,38+,39?,45+/m1/s1. The minimum absolute atomic E-state index is 0.00935. The molecule has 1 saturated heterocycles. The van der Waals surface area contributed by atoms with E-state index >= 15 is 17.6 Å². The van der Waals surface area contributed by atoms with Gasteiger partial charge in [-0.25, -0.2) is 18.8 Å². The first-order chi connectivity index (χ1) is 29.5. The largest absolute Gasteiger partial charge is 0.497 e. The molecule has 0 spiro atoms. The molecule has 1 aromatic heterocycles. The molecule has 2 heterocycles. The van der Waals surface area contributed by atoms with E-state index < -0.39 is 78.6 Å². The van der Waals surface area contributed by atoms with Crippen LogP contribution in [0.25, 0.3) is 0 Å². The van der Waals surface area contributed by atoms with Crippen molar-refractivity contribution in [3.05, 3.63) is 185 Å². The molecule has 0 amide bonds. The summed E-state index contributed by atoms with van der Waals surface area (Å²) in [5.41, 5.74) is -0.538. The van der Waals surface area contributed by atoms with E-state index in [2.05, 4.69) is 5.10 Å². The van der Waals surface area contributed by atoms with Crippen molar-refractivity contribution in [2.24, 2.45) is 0 Å². The van der Waals surface area contributed by atoms with Crippen LogP contribution < -0.4 is 9.47 Å². The lowest BCUT2D eigenvalue weighted by Crippen LogP contribution is -2.61. The van der Waals surface area contributed by atoms with Crippen molar-refractivity contribution in [1.82, 2.24) is 9.78 Å². The number of carbonyl (C=O) groups excluding carboxylic acids is 3. The van der Waals surface area contributed by atoms with Gasteiger partial charge in [0, 0.05) is 6.42 Å². The number of esters is 3. The SMILES string of the molecule is COc1ccc(Cc2c(O[C@@H]3O[C@H](COC(=O)c4ccccc4)[C@@H](F)[C@H](OC(=O)c4ccccc4)C3OC(=O)c3ccccc3)nn(Cc3ccccc3)c2C(F)(F)F)cc1. The van der Waals surface area contributed by atoms with E-state index in [1.54, 1.807) is 109 Å². The third kappa shape index (κ3) is 10.2. The zero-order valence-corrected chi connectivity index (χ0v) is 32.4. The van der Waals surface area contributed by atoms with Gasteiger partial charge in [-0.1, -0.05) is 97.1 Å². The number of ether oxygens (including phenoxy) is 6. The Bertz CT molecular complexity index is 2400. The summed E-state index contributed by atoms with van der Waals surface area (Å²) in [5, 5.41) is 4.30. The van der Waals surface area contributed by atoms with E-state index in [1.807, 2.05) is 0 Å². The maximum Gasteiger partial charge on any atom is 0.433 e. The van der Waals surface area contributed by atoms with Crippen LogP contribution in [-0.2, 0) is 38.1 Å². The molecule has 5 atom stereocenters. The Kier molecular flexibility index (Phi) is 13.1. The molecule has 11 nitrogen and oxygen atoms in total. The van der Waals surface area contributed by atoms with Gasteiger partial charge in [-0.3, -0.25) is 4.68 Å². The summed E-state index contributed by atoms with van der Waals surface area (Å²) in [7, 11) is 1.45. The van der Waals surface area contributed by atoms with Gasteiger partial charge < -0.3 is 28.4 Å². The first kappa shape index (κ1) is 42.1. The Morgan fingerprint density at radius 2 is 1.18 bits per heavy atom. The van der Waals surface area contributed by atoms with Crippen molar-refractivity contribution < 1.29 is 60.4 Å². The quantitative estimate of drug-likeness (QED) is 0.0601. The van der Waals surface area contributed by atoms with Crippen LogP contribution in [0.15, 0.2) is 146 Å². The van der Waals surface area contributed by atoms with Gasteiger partial charge in [-0.05, 0) is 59.7 Å². The zero-order chi connectivity index (χ0) is 42.9. The minimum atomic E-state index is -4.98. The predicted molar refractivity (Wildman–Crippen MR) is 211 cm³/mol. The molecule has 314 valence electrons. The van der Waals surface area contributed by atoms with Crippen molar-refractivity contribution >= 4 is 17.9 Å². The van der Waals surface area contributed by atoms with E-state index in [0.29, 0.717) is 16.9 Å². The van der Waals surface area contributed by atoms with E-state index in [1.165, 1.54) is 43.5 Å². The number of hydrogen-bond donors (Lipinski definition) is 0. The third-order valence-electron chi connectivity index (χ3n) is 9.69. The number of carbonyl (C=O) groups is 3. The Hall–Kier alpha value is -7.00. The van der Waals surface area contributed by atoms with E-state index in [4.69, 9.17) is 28.4 Å². The van der Waals surface area contributed by atoms with Crippen molar-refractivity contribution in [3.8, 4) is 11.6 Å². The lowest BCUT2D eigenvalue weighted by Gasteiger charge is -2.41. The molecule has 1 unspecified atom stereocenters. The molecule has 1 aliphatic rings. The number of alkyl halides is 4. The van der Waals surface area contributed by atoms with E-state index in [-0.39, 0.29) is 29.7 Å². The minimum Gasteiger partial charge on any atom is -0.497 e. The van der Waals surface area contributed by atoms with Crippen LogP contribution in [0.5, 0.6) is 11.6 Å². The van der Waals surface area contributed by atoms with Gasteiger partial charge in [0.2, 0.25) is 18.3 Å². The van der Waals surface area contributed by atoms with Gasteiger partial charge in [-0.15, -0.1) is 5.10 Å². The summed E-state index contributed by atoms with van der Waals surface area (Å²) in [4.78, 5) is 40.3. The maximum atomic E-state index is 16.9. The summed E-state index contributed by atoms with van der Waals surface area (Å²) in [5.74, 6) is -3.03. The highest BCUT2D eigenvalue weighted by Crippen LogP contribution is 2.40. The van der Waals surface area contributed by atoms with Crippen LogP contribution in [0.3, 0.4) is 0 Å². The number of methoxy groups -OCH3 is 1. The average Bonchev–Trinajstić information content (AvgIpc) is 3.62. The summed E-state index contributed by atoms with van der Waals surface area (Å²) < 4.78 is 98.0. The van der Waals surface area contributed by atoms with Gasteiger partial charge in [-0.2, -0.15) is 13.2 Å². The van der Waals surface area contributed by atoms with E-state index in [0.717, 1.165) is 4.68 Å². The smallest absolute Gasteiger partial charge is 0.433 e. The van der Waals surface area contributed by atoms with Gasteiger partial charge in [0.15, 0.2) is 12.3 Å². The second-order valence-corrected chi connectivity index (χ2v) is 13.8. The highest BCUT2D eigenvalue weighted by molar-refractivity contribution is 5.90. The molecule has 0 aliphatic carbocycles. The number of hydrogen-bond acceptors (Lipinski definition) is 10. The fourth-order valence-corrected chi connectivity index (χ4v) is 6.68. The number of rotatable bonds is 14. The first-order valence-electron chi connectivity index (χ1n) is 19.0. The normalized spacial score (nSPS) is 18.7. The Balaban J connectivity index is 1.33. The molecule has 5 aromatic carbocycles. The van der Waals surface area contributed by atoms with Crippen LogP contribution in [-0.4, -0.2) is 72.2 Å². The zero-order valence-electron chi connectivity index (χ0n) is 32.4. The van der Waals surface area contributed by atoms with Gasteiger partial charge in [0.25, 0.3) is 0 Å². The predicted octanol–water partition coefficient (Wildman–Crippen LogP) is 8.30. The Labute approximate surface area is 347 Å². The first-order valence-corrected chi connectivity index (χ1v) is 19.0. The van der Waals surface area contributed by atoms with Crippen LogP contribution in [0.4, 0.5) is 17.6 Å². The lowest BCUT2D eigenvalue weighted by molar-refractivity contribution is -0.264. The number of aromatic nitrogens is 2. The van der Waals surface area contributed by atoms with Crippen LogP contribution in [0.1, 0.15) is 53.5 Å². The maximum absolute atomic E-state index is 16.9. The molecule has 0 N–H and O–H groups in total. The van der Waals surface area contributed by atoms with Crippen LogP contribution in [0.2, 0.25) is 0 Å². The molecule has 15 heteroatoms. The molecule has 61 heavy (non-hydrogen) atoms. The molecule has 1 aliphatic heterocycles. The monoisotopic (exact) mass is 838 g/mol. The molecular formula is C46H38F4N2O9. The Morgan fingerprint density at radius 3 is 1.70 bits per heavy atom. The lowest BCUT2D eigenvalue weighted by atomic mass is 9.99. The highest BCUT2D eigenvalue weighted by atomic mass is 19.4. The summed E-state index contributed by atoms with van der Waals surface area (Å²) in [6.45, 7) is -1.11. The summed E-state index contributed by atoms with van der Waals surface area (Å²) >= 11 is 0. The third-order valence-corrected chi connectivity index (χ3v) is 9.69. The highest BCUT2D eigenvalue weighted by Gasteiger charge is 2.53. The topological polar surface area (TPSA) is 124 Å². The van der Waals surface area contributed by atoms with Crippen molar-refractivity contribution in [2.45, 2.75) is 49.9 Å². The molecule has 6 aromatic rings. The fourth-order valence-electron chi connectivity index (χ4n) is 6.68. The fraction of sp³-hybridized carbons (Fsp3) is 0.217. The number of nitrogens with zero attached hydrogens (tertiary/aromatic N) is 2. The van der Waals surface area contributed by atoms with Crippen molar-refractivity contribution in [2.75, 3.05) is 13.7 Å². The van der Waals surface area contributed by atoms with E-state index in [9.17, 15) is 14.4 Å². The van der Waals surface area contributed by atoms with Crippen molar-refractivity contribution in [1.29, 1.82) is 0 Å². The summed E-state index contributed by atoms with van der Waals surface area (Å²) in [6, 6.07) is 37.6. The molecule has 0 saturated carbocycles. The van der Waals surface area contributed by atoms with Gasteiger partial charge >= 0.3 is 24.1 Å². The second kappa shape index (κ2) is 18.9. The van der Waals surface area contributed by atoms with Crippen molar-refractivity contribution in [3.63, 3.8) is 0 Å². The molecule has 0 radical (unpaired) electrons. The van der Waals surface area contributed by atoms with Gasteiger partial charge in [0.1, 0.15) is 24.2 Å². The number of halogens is 4. The van der Waals surface area contributed by atoms with Crippen LogP contribution >= 0.6 is 0 Å².